The molecule has 0 aliphatic heterocycles. The van der Waals surface area contributed by atoms with Gasteiger partial charge in [0.2, 0.25) is 0 Å². The van der Waals surface area contributed by atoms with E-state index < -0.39 is 34.2 Å². The minimum Gasteiger partial charge on any atom is -0.206 e. The van der Waals surface area contributed by atoms with Gasteiger partial charge in [0.25, 0.3) is 0 Å². The average molecular weight is 235 g/mol. The first-order valence-corrected chi connectivity index (χ1v) is 3.53. The molecule has 0 aliphatic carbocycles. The molecule has 0 bridgehead atoms. The monoisotopic (exact) mass is 234 g/mol. The summed E-state index contributed by atoms with van der Waals surface area (Å²) in [6.45, 7) is 0. The largest absolute Gasteiger partial charge is 0.422 e. The maximum absolute atomic E-state index is 12.7. The van der Waals surface area contributed by atoms with Crippen LogP contribution >= 0.6 is 11.6 Å². The molecule has 0 heterocycles. The van der Waals surface area contributed by atoms with Crippen LogP contribution in [-0.4, -0.2) is 0 Å². The molecule has 0 saturated carbocycles. The van der Waals surface area contributed by atoms with Gasteiger partial charge in [-0.05, 0) is 0 Å². The van der Waals surface area contributed by atoms with Crippen molar-refractivity contribution in [3.05, 3.63) is 34.1 Å². The van der Waals surface area contributed by atoms with Crippen LogP contribution in [0.3, 0.4) is 0 Å². The molecule has 0 aliphatic rings. The third-order valence-electron chi connectivity index (χ3n) is 1.40. The summed E-state index contributed by atoms with van der Waals surface area (Å²) in [5, 5.41) is -1.38. The zero-order valence-electron chi connectivity index (χ0n) is 6.22. The fourth-order valence-electron chi connectivity index (χ4n) is 0.826. The molecule has 7 heteroatoms. The van der Waals surface area contributed by atoms with Gasteiger partial charge in [0.1, 0.15) is 22.2 Å². The van der Waals surface area contributed by atoms with Gasteiger partial charge < -0.3 is 0 Å². The molecule has 0 fully saturated rings. The Morgan fingerprint density at radius 2 is 1.50 bits per heavy atom. The van der Waals surface area contributed by atoms with Crippen molar-refractivity contribution in [2.75, 3.05) is 0 Å². The number of hydrogen-bond donors (Lipinski definition) is 0. The van der Waals surface area contributed by atoms with Crippen molar-refractivity contribution < 1.29 is 26.3 Å². The highest BCUT2D eigenvalue weighted by molar-refractivity contribution is 6.30. The normalized spacial score (nSPS) is 11.9. The van der Waals surface area contributed by atoms with E-state index in [-0.39, 0.29) is 6.07 Å². The standard InChI is InChI=1S/C7HClF6/c8-5-3(10)1-2(9)4(6(5)11)7(12,13)14/h1H. The van der Waals surface area contributed by atoms with Crippen molar-refractivity contribution >= 4 is 11.6 Å². The van der Waals surface area contributed by atoms with Gasteiger partial charge in [0, 0.05) is 6.07 Å². The van der Waals surface area contributed by atoms with E-state index in [1.807, 2.05) is 0 Å². The van der Waals surface area contributed by atoms with Crippen molar-refractivity contribution in [3.8, 4) is 0 Å². The molecule has 1 rings (SSSR count). The second kappa shape index (κ2) is 3.34. The van der Waals surface area contributed by atoms with Crippen LogP contribution in [0.1, 0.15) is 5.56 Å². The predicted molar refractivity (Wildman–Crippen MR) is 36.3 cm³/mol. The fourth-order valence-corrected chi connectivity index (χ4v) is 0.975. The molecule has 1 aromatic carbocycles. The predicted octanol–water partition coefficient (Wildman–Crippen LogP) is 3.78. The number of rotatable bonds is 0. The molecule has 78 valence electrons. The molecule has 1 aromatic rings. The summed E-state index contributed by atoms with van der Waals surface area (Å²) < 4.78 is 73.5. The van der Waals surface area contributed by atoms with Crippen LogP contribution in [-0.2, 0) is 6.18 Å². The maximum Gasteiger partial charge on any atom is 0.422 e. The van der Waals surface area contributed by atoms with Gasteiger partial charge in [-0.2, -0.15) is 13.2 Å². The zero-order chi connectivity index (χ0) is 11.1. The van der Waals surface area contributed by atoms with Gasteiger partial charge in [-0.3, -0.25) is 0 Å². The SMILES string of the molecule is Fc1cc(F)c(C(F)(F)F)c(F)c1Cl. The van der Waals surface area contributed by atoms with Gasteiger partial charge in [-0.15, -0.1) is 0 Å². The van der Waals surface area contributed by atoms with E-state index >= 15 is 0 Å². The van der Waals surface area contributed by atoms with Crippen molar-refractivity contribution in [2.24, 2.45) is 0 Å². The Kier molecular flexibility index (Phi) is 2.67. The lowest BCUT2D eigenvalue weighted by Crippen LogP contribution is -2.12. The molecule has 0 amide bonds. The lowest BCUT2D eigenvalue weighted by atomic mass is 10.2. The van der Waals surface area contributed by atoms with Crippen molar-refractivity contribution in [1.29, 1.82) is 0 Å². The minimum absolute atomic E-state index is 0.117. The lowest BCUT2D eigenvalue weighted by Gasteiger charge is -2.10. The van der Waals surface area contributed by atoms with Crippen LogP contribution in [0.5, 0.6) is 0 Å². The Balaban J connectivity index is 3.53. The molecule has 0 aromatic heterocycles. The van der Waals surface area contributed by atoms with Crippen LogP contribution in [0.2, 0.25) is 5.02 Å². The Bertz CT molecular complexity index is 369. The van der Waals surface area contributed by atoms with E-state index in [1.165, 1.54) is 0 Å². The number of hydrogen-bond acceptors (Lipinski definition) is 0. The molecule has 0 spiro atoms. The average Bonchev–Trinajstić information content (AvgIpc) is 1.97. The zero-order valence-corrected chi connectivity index (χ0v) is 6.98. The molecule has 0 unspecified atom stereocenters. The van der Waals surface area contributed by atoms with E-state index in [9.17, 15) is 26.3 Å². The molecule has 0 N–H and O–H groups in total. The minimum atomic E-state index is -5.24. The van der Waals surface area contributed by atoms with Gasteiger partial charge in [-0.25, -0.2) is 13.2 Å². The van der Waals surface area contributed by atoms with E-state index in [0.29, 0.717) is 0 Å². The van der Waals surface area contributed by atoms with E-state index in [1.54, 1.807) is 0 Å². The number of benzene rings is 1. The highest BCUT2D eigenvalue weighted by Crippen LogP contribution is 2.36. The van der Waals surface area contributed by atoms with Gasteiger partial charge >= 0.3 is 6.18 Å². The first kappa shape index (κ1) is 11.2. The first-order chi connectivity index (χ1) is 6.25. The third-order valence-corrected chi connectivity index (χ3v) is 1.74. The summed E-state index contributed by atoms with van der Waals surface area (Å²) in [5.41, 5.74) is -2.19. The number of halogens is 7. The summed E-state index contributed by atoms with van der Waals surface area (Å²) in [4.78, 5) is 0. The topological polar surface area (TPSA) is 0 Å². The Morgan fingerprint density at radius 3 is 1.93 bits per heavy atom. The Morgan fingerprint density at radius 1 is 1.00 bits per heavy atom. The molecular formula is C7HClF6. The summed E-state index contributed by atoms with van der Waals surface area (Å²) in [6, 6.07) is -0.117. The second-order valence-corrected chi connectivity index (χ2v) is 2.72. The highest BCUT2D eigenvalue weighted by atomic mass is 35.5. The molecular weight excluding hydrogens is 234 g/mol. The summed E-state index contributed by atoms with van der Waals surface area (Å²) in [7, 11) is 0. The van der Waals surface area contributed by atoms with Crippen LogP contribution < -0.4 is 0 Å². The van der Waals surface area contributed by atoms with Crippen LogP contribution in [0.4, 0.5) is 26.3 Å². The second-order valence-electron chi connectivity index (χ2n) is 2.34. The summed E-state index contributed by atoms with van der Waals surface area (Å²) in [5.74, 6) is -5.75. The van der Waals surface area contributed by atoms with Gasteiger partial charge in [0.15, 0.2) is 5.82 Å². The quantitative estimate of drug-likeness (QED) is 0.364. The van der Waals surface area contributed by atoms with Crippen LogP contribution in [0, 0.1) is 17.5 Å². The molecule has 14 heavy (non-hydrogen) atoms. The maximum atomic E-state index is 12.7. The lowest BCUT2D eigenvalue weighted by molar-refractivity contribution is -0.142. The Hall–Kier alpha value is -0.910. The van der Waals surface area contributed by atoms with E-state index in [2.05, 4.69) is 0 Å². The van der Waals surface area contributed by atoms with Gasteiger partial charge in [0.05, 0.1) is 0 Å². The molecule has 0 nitrogen and oxygen atoms in total. The Labute approximate surface area is 79.1 Å². The van der Waals surface area contributed by atoms with Crippen molar-refractivity contribution in [3.63, 3.8) is 0 Å². The smallest absolute Gasteiger partial charge is 0.206 e. The summed E-state index contributed by atoms with van der Waals surface area (Å²) in [6.07, 6.45) is -5.24. The van der Waals surface area contributed by atoms with Crippen molar-refractivity contribution in [2.45, 2.75) is 6.18 Å². The van der Waals surface area contributed by atoms with Crippen LogP contribution in [0.25, 0.3) is 0 Å². The van der Waals surface area contributed by atoms with Crippen molar-refractivity contribution in [1.82, 2.24) is 0 Å². The van der Waals surface area contributed by atoms with E-state index in [4.69, 9.17) is 11.6 Å². The van der Waals surface area contributed by atoms with E-state index in [0.717, 1.165) is 0 Å². The molecule has 0 atom stereocenters. The van der Waals surface area contributed by atoms with Gasteiger partial charge in [-0.1, -0.05) is 11.6 Å². The van der Waals surface area contributed by atoms with Crippen LogP contribution in [0.15, 0.2) is 6.07 Å². The number of alkyl halides is 3. The molecule has 0 radical (unpaired) electrons. The first-order valence-electron chi connectivity index (χ1n) is 3.15. The fraction of sp³-hybridized carbons (Fsp3) is 0.143. The summed E-state index contributed by atoms with van der Waals surface area (Å²) >= 11 is 4.84. The third kappa shape index (κ3) is 1.79. The molecule has 0 saturated heterocycles. The highest BCUT2D eigenvalue weighted by Gasteiger charge is 2.39.